The predicted octanol–water partition coefficient (Wildman–Crippen LogP) is 3.67. The topological polar surface area (TPSA) is 108 Å². The van der Waals surface area contributed by atoms with Crippen molar-refractivity contribution in [3.8, 4) is 11.5 Å². The lowest BCUT2D eigenvalue weighted by atomic mass is 10.2. The number of benzene rings is 2. The van der Waals surface area contributed by atoms with Crippen LogP contribution in [-0.4, -0.2) is 98.1 Å². The maximum absolute atomic E-state index is 13.5. The molecule has 0 unspecified atom stereocenters. The van der Waals surface area contributed by atoms with Crippen LogP contribution in [-0.2, 0) is 33.2 Å². The second-order valence-corrected chi connectivity index (χ2v) is 8.33. The van der Waals surface area contributed by atoms with Crippen LogP contribution >= 0.6 is 0 Å². The van der Waals surface area contributed by atoms with Crippen molar-refractivity contribution >= 4 is 12.3 Å². The van der Waals surface area contributed by atoms with Crippen LogP contribution in [0.25, 0.3) is 0 Å². The second-order valence-electron chi connectivity index (χ2n) is 8.33. The summed E-state index contributed by atoms with van der Waals surface area (Å²) in [5, 5.41) is 0. The Hall–Kier alpha value is -3.21. The molecule has 15 heteroatoms. The van der Waals surface area contributed by atoms with Gasteiger partial charge in [-0.3, -0.25) is 9.59 Å². The molecule has 0 amide bonds. The molecule has 2 aromatic carbocycles. The van der Waals surface area contributed by atoms with E-state index in [1.807, 2.05) is 0 Å². The molecule has 2 aromatic rings. The number of ether oxygens (including phenoxy) is 8. The molecule has 43 heavy (non-hydrogen) atoms. The molecule has 0 aliphatic carbocycles. The first-order valence-corrected chi connectivity index (χ1v) is 13.2. The molecule has 0 fully saturated rings. The number of carbonyl (C=O) groups excluding carboxylic acids is 2. The largest absolute Gasteiger partial charge is 0.491 e. The molecule has 0 N–H and O–H groups in total. The van der Waals surface area contributed by atoms with Gasteiger partial charge < -0.3 is 37.9 Å². The first-order chi connectivity index (χ1) is 20.8. The van der Waals surface area contributed by atoms with Crippen LogP contribution in [0, 0.1) is 29.1 Å². The molecule has 0 aliphatic heterocycles. The summed E-state index contributed by atoms with van der Waals surface area (Å²) in [6.07, 6.45) is 0.278. The highest BCUT2D eigenvalue weighted by atomic mass is 19.2. The van der Waals surface area contributed by atoms with E-state index >= 15 is 0 Å². The van der Waals surface area contributed by atoms with E-state index in [-0.39, 0.29) is 26.4 Å². The Morgan fingerprint density at radius 3 is 1.33 bits per heavy atom. The zero-order chi connectivity index (χ0) is 31.3. The quantitative estimate of drug-likeness (QED) is 0.0327. The average Bonchev–Trinajstić information content (AvgIpc) is 3.02. The third-order valence-corrected chi connectivity index (χ3v) is 5.21. The highest BCUT2D eigenvalue weighted by molar-refractivity contribution is 5.74. The van der Waals surface area contributed by atoms with Crippen molar-refractivity contribution in [2.24, 2.45) is 0 Å². The highest BCUT2D eigenvalue weighted by Crippen LogP contribution is 2.29. The Balaban J connectivity index is 1.31. The fourth-order valence-corrected chi connectivity index (χ4v) is 3.06. The lowest BCUT2D eigenvalue weighted by Crippen LogP contribution is -2.16. The summed E-state index contributed by atoms with van der Waals surface area (Å²) in [6.45, 7) is 3.73. The van der Waals surface area contributed by atoms with Crippen LogP contribution in [0.2, 0.25) is 0 Å². The summed E-state index contributed by atoms with van der Waals surface area (Å²) in [5.74, 6) is -13.5. The lowest BCUT2D eigenvalue weighted by Gasteiger charge is -2.09. The van der Waals surface area contributed by atoms with Crippen LogP contribution < -0.4 is 9.47 Å². The van der Waals surface area contributed by atoms with E-state index < -0.39 is 47.2 Å². The normalized spacial score (nSPS) is 11.1. The number of carbonyl (C=O) groups is 2. The van der Waals surface area contributed by atoms with Crippen molar-refractivity contribution in [2.45, 2.75) is 6.42 Å². The number of rotatable bonds is 24. The van der Waals surface area contributed by atoms with E-state index in [0.717, 1.165) is 6.29 Å². The zero-order valence-corrected chi connectivity index (χ0v) is 23.3. The van der Waals surface area contributed by atoms with Crippen LogP contribution in [0.15, 0.2) is 24.3 Å². The van der Waals surface area contributed by atoms with Crippen LogP contribution in [0.5, 0.6) is 11.5 Å². The summed E-state index contributed by atoms with van der Waals surface area (Å²) in [5.41, 5.74) is 0.583. The van der Waals surface area contributed by atoms with Gasteiger partial charge in [0.25, 0.3) is 0 Å². The summed E-state index contributed by atoms with van der Waals surface area (Å²) in [4.78, 5) is 22.2. The molecule has 0 bridgehead atoms. The van der Waals surface area contributed by atoms with E-state index in [2.05, 4.69) is 4.74 Å². The number of esters is 1. The van der Waals surface area contributed by atoms with E-state index in [1.54, 1.807) is 24.3 Å². The summed E-state index contributed by atoms with van der Waals surface area (Å²) < 4.78 is 108. The van der Waals surface area contributed by atoms with E-state index in [9.17, 15) is 31.5 Å². The number of hydrogen-bond acceptors (Lipinski definition) is 10. The molecular weight excluding hydrogens is 591 g/mol. The van der Waals surface area contributed by atoms with Crippen molar-refractivity contribution < 1.29 is 69.4 Å². The van der Waals surface area contributed by atoms with Gasteiger partial charge in [-0.2, -0.15) is 8.78 Å². The van der Waals surface area contributed by atoms with Gasteiger partial charge in [-0.1, -0.05) is 0 Å². The Bertz CT molecular complexity index is 1080. The molecule has 0 heterocycles. The zero-order valence-electron chi connectivity index (χ0n) is 23.3. The highest BCUT2D eigenvalue weighted by Gasteiger charge is 2.28. The summed E-state index contributed by atoms with van der Waals surface area (Å²) in [7, 11) is 0. The van der Waals surface area contributed by atoms with Crippen molar-refractivity contribution in [1.82, 2.24) is 0 Å². The van der Waals surface area contributed by atoms with E-state index in [4.69, 9.17) is 33.2 Å². The van der Waals surface area contributed by atoms with Gasteiger partial charge in [0.15, 0.2) is 0 Å². The molecule has 0 atom stereocenters. The first-order valence-electron chi connectivity index (χ1n) is 13.2. The van der Waals surface area contributed by atoms with Gasteiger partial charge >= 0.3 is 5.97 Å². The van der Waals surface area contributed by atoms with Gasteiger partial charge in [0, 0.05) is 5.56 Å². The Kier molecular flexibility index (Phi) is 18.0. The minimum atomic E-state index is -2.35. The molecule has 0 aromatic heterocycles. The molecule has 10 nitrogen and oxygen atoms in total. The predicted molar refractivity (Wildman–Crippen MR) is 139 cm³/mol. The molecule has 0 spiro atoms. The molecule has 240 valence electrons. The van der Waals surface area contributed by atoms with Gasteiger partial charge in [0.05, 0.1) is 85.7 Å². The van der Waals surface area contributed by atoms with Gasteiger partial charge in [-0.15, -0.1) is 0 Å². The molecule has 0 saturated carbocycles. The monoisotopic (exact) mass is 624 g/mol. The van der Waals surface area contributed by atoms with Crippen LogP contribution in [0.3, 0.4) is 0 Å². The molecule has 0 aliphatic rings. The van der Waals surface area contributed by atoms with Crippen LogP contribution in [0.4, 0.5) is 22.0 Å². The van der Waals surface area contributed by atoms with Gasteiger partial charge in [-0.25, -0.2) is 13.2 Å². The minimum Gasteiger partial charge on any atom is -0.491 e. The first kappa shape index (κ1) is 36.0. The van der Waals surface area contributed by atoms with E-state index in [0.29, 0.717) is 70.8 Å². The van der Waals surface area contributed by atoms with E-state index in [1.165, 1.54) is 0 Å². The Labute approximate surface area is 244 Å². The van der Waals surface area contributed by atoms with Gasteiger partial charge in [-0.05, 0) is 24.3 Å². The fourth-order valence-electron chi connectivity index (χ4n) is 3.06. The summed E-state index contributed by atoms with van der Waals surface area (Å²) in [6, 6.07) is 6.78. The Morgan fingerprint density at radius 1 is 0.535 bits per heavy atom. The molecule has 0 radical (unpaired) electrons. The molecule has 0 saturated heterocycles. The minimum absolute atomic E-state index is 0.0789. The molecule has 2 rings (SSSR count). The number of aldehydes is 1. The third kappa shape index (κ3) is 14.2. The van der Waals surface area contributed by atoms with Crippen molar-refractivity contribution in [2.75, 3.05) is 85.9 Å². The number of hydrogen-bond donors (Lipinski definition) is 0. The van der Waals surface area contributed by atoms with Crippen molar-refractivity contribution in [1.29, 1.82) is 0 Å². The maximum Gasteiger partial charge on any atom is 0.313 e. The third-order valence-electron chi connectivity index (χ3n) is 5.21. The standard InChI is InChI=1S/C28H33F5O10/c29-23-24(30)26(32)28(27(33)25(23)31)43-22(35)5-6-36-7-8-37-9-10-38-11-12-39-13-14-40-15-16-41-17-18-42-21-3-1-20(19-34)2-4-21/h1-4,19H,5-18H2. The van der Waals surface area contributed by atoms with Crippen LogP contribution in [0.1, 0.15) is 16.8 Å². The summed E-state index contributed by atoms with van der Waals surface area (Å²) >= 11 is 0. The smallest absolute Gasteiger partial charge is 0.313 e. The molecular formula is C28H33F5O10. The average molecular weight is 625 g/mol. The fraction of sp³-hybridized carbons (Fsp3) is 0.500. The SMILES string of the molecule is O=Cc1ccc(OCCOCCOCCOCCOCCOCCOCCC(=O)Oc2c(F)c(F)c(F)c(F)c2F)cc1. The lowest BCUT2D eigenvalue weighted by molar-refractivity contribution is -0.136. The van der Waals surface area contributed by atoms with Crippen molar-refractivity contribution in [3.63, 3.8) is 0 Å². The second kappa shape index (κ2) is 21.5. The van der Waals surface area contributed by atoms with Crippen molar-refractivity contribution in [3.05, 3.63) is 58.9 Å². The maximum atomic E-state index is 13.5. The van der Waals surface area contributed by atoms with Gasteiger partial charge in [0.2, 0.25) is 34.8 Å². The van der Waals surface area contributed by atoms with Gasteiger partial charge in [0.1, 0.15) is 18.6 Å². The number of halogens is 5. The Morgan fingerprint density at radius 2 is 0.907 bits per heavy atom.